The van der Waals surface area contributed by atoms with Gasteiger partial charge in [0.25, 0.3) is 5.91 Å². The fraction of sp³-hybridized carbons (Fsp3) is 0.133. The maximum absolute atomic E-state index is 11.9. The summed E-state index contributed by atoms with van der Waals surface area (Å²) in [6.07, 6.45) is 0. The van der Waals surface area contributed by atoms with Crippen LogP contribution in [-0.2, 0) is 9.53 Å². The van der Waals surface area contributed by atoms with Crippen molar-refractivity contribution < 1.29 is 18.7 Å². The van der Waals surface area contributed by atoms with E-state index in [0.29, 0.717) is 11.0 Å². The fourth-order valence-corrected chi connectivity index (χ4v) is 1.61. The zero-order valence-electron chi connectivity index (χ0n) is 11.3. The molecular formula is C15H13NO5. The molecule has 6 heteroatoms. The molecule has 0 aliphatic carbocycles. The lowest BCUT2D eigenvalue weighted by Gasteiger charge is -2.06. The van der Waals surface area contributed by atoms with E-state index in [-0.39, 0.29) is 17.9 Å². The van der Waals surface area contributed by atoms with E-state index in [4.69, 9.17) is 9.15 Å². The number of nitrogens with one attached hydrogen (secondary N) is 1. The summed E-state index contributed by atoms with van der Waals surface area (Å²) >= 11 is 0. The Hall–Kier alpha value is -2.89. The molecule has 2 aromatic rings. The van der Waals surface area contributed by atoms with Gasteiger partial charge >= 0.3 is 11.6 Å². The topological polar surface area (TPSA) is 85.6 Å². The maximum atomic E-state index is 11.9. The molecule has 1 aromatic carbocycles. The van der Waals surface area contributed by atoms with Crippen molar-refractivity contribution in [3.8, 4) is 0 Å². The van der Waals surface area contributed by atoms with Gasteiger partial charge in [0.2, 0.25) is 0 Å². The van der Waals surface area contributed by atoms with Crippen LogP contribution in [0.5, 0.6) is 0 Å². The van der Waals surface area contributed by atoms with Crippen LogP contribution in [0.4, 0.5) is 0 Å². The Morgan fingerprint density at radius 1 is 1.33 bits per heavy atom. The van der Waals surface area contributed by atoms with E-state index < -0.39 is 17.5 Å². The average Bonchev–Trinajstić information content (AvgIpc) is 2.46. The highest BCUT2D eigenvalue weighted by Gasteiger charge is 2.13. The van der Waals surface area contributed by atoms with Crippen LogP contribution in [0.1, 0.15) is 17.3 Å². The smallest absolute Gasteiger partial charge is 0.349 e. The largest absolute Gasteiger partial charge is 0.441 e. The zero-order chi connectivity index (χ0) is 15.4. The number of fused-ring (bicyclic) bond motifs is 1. The minimum absolute atomic E-state index is 0.153. The molecule has 21 heavy (non-hydrogen) atoms. The van der Waals surface area contributed by atoms with E-state index in [9.17, 15) is 14.4 Å². The number of esters is 1. The van der Waals surface area contributed by atoms with Gasteiger partial charge in [-0.1, -0.05) is 24.8 Å². The van der Waals surface area contributed by atoms with Crippen LogP contribution in [0, 0.1) is 0 Å². The molecule has 0 spiro atoms. The summed E-state index contributed by atoms with van der Waals surface area (Å²) in [7, 11) is 0. The summed E-state index contributed by atoms with van der Waals surface area (Å²) in [6, 6.07) is 8.26. The highest BCUT2D eigenvalue weighted by atomic mass is 16.5. The van der Waals surface area contributed by atoms with Crippen LogP contribution in [0.25, 0.3) is 11.0 Å². The molecule has 0 saturated heterocycles. The van der Waals surface area contributed by atoms with Crippen molar-refractivity contribution in [3.05, 3.63) is 58.5 Å². The third-order valence-corrected chi connectivity index (χ3v) is 2.67. The quantitative estimate of drug-likeness (QED) is 0.399. The summed E-state index contributed by atoms with van der Waals surface area (Å²) < 4.78 is 9.76. The van der Waals surface area contributed by atoms with E-state index in [1.807, 2.05) is 0 Å². The second kappa shape index (κ2) is 6.04. The van der Waals surface area contributed by atoms with Crippen molar-refractivity contribution in [2.24, 2.45) is 0 Å². The van der Waals surface area contributed by atoms with E-state index in [1.165, 1.54) is 13.0 Å². The Bertz CT molecular complexity index is 775. The van der Waals surface area contributed by atoms with E-state index in [1.54, 1.807) is 24.3 Å². The second-order valence-electron chi connectivity index (χ2n) is 4.35. The number of carbonyl (C=O) groups excluding carboxylic acids is 2. The monoisotopic (exact) mass is 287 g/mol. The molecule has 0 aliphatic rings. The Balaban J connectivity index is 2.12. The van der Waals surface area contributed by atoms with E-state index >= 15 is 0 Å². The molecule has 1 amide bonds. The summed E-state index contributed by atoms with van der Waals surface area (Å²) in [4.78, 5) is 34.8. The van der Waals surface area contributed by atoms with Crippen molar-refractivity contribution in [2.75, 3.05) is 6.73 Å². The van der Waals surface area contributed by atoms with Crippen LogP contribution < -0.4 is 10.9 Å². The number of hydrogen-bond donors (Lipinski definition) is 1. The van der Waals surface area contributed by atoms with Gasteiger partial charge in [0.05, 0.1) is 0 Å². The third kappa shape index (κ3) is 3.36. The molecular weight excluding hydrogens is 274 g/mol. The molecule has 108 valence electrons. The van der Waals surface area contributed by atoms with Crippen molar-refractivity contribution in [2.45, 2.75) is 6.92 Å². The highest BCUT2D eigenvalue weighted by Crippen LogP contribution is 2.12. The van der Waals surface area contributed by atoms with E-state index in [2.05, 4.69) is 11.9 Å². The van der Waals surface area contributed by atoms with Gasteiger partial charge in [0.1, 0.15) is 11.1 Å². The normalized spacial score (nSPS) is 10.1. The molecule has 0 radical (unpaired) electrons. The number of para-hydroxylation sites is 1. The first-order valence-corrected chi connectivity index (χ1v) is 6.13. The zero-order valence-corrected chi connectivity index (χ0v) is 11.3. The SMILES string of the molecule is C=C(C)C(=O)OCNC(=O)c1cc2ccccc2oc1=O. The molecule has 1 N–H and O–H groups in total. The molecule has 1 aromatic heterocycles. The first-order chi connectivity index (χ1) is 9.99. The summed E-state index contributed by atoms with van der Waals surface area (Å²) in [5, 5.41) is 2.93. The van der Waals surface area contributed by atoms with Gasteiger partial charge in [-0.05, 0) is 19.1 Å². The lowest BCUT2D eigenvalue weighted by Crippen LogP contribution is -2.31. The number of hydrogen-bond acceptors (Lipinski definition) is 5. The Morgan fingerprint density at radius 2 is 2.05 bits per heavy atom. The predicted molar refractivity (Wildman–Crippen MR) is 75.7 cm³/mol. The van der Waals surface area contributed by atoms with Crippen LogP contribution in [0.3, 0.4) is 0 Å². The Kier molecular flexibility index (Phi) is 4.18. The van der Waals surface area contributed by atoms with Crippen molar-refractivity contribution in [1.82, 2.24) is 5.32 Å². The fourth-order valence-electron chi connectivity index (χ4n) is 1.61. The third-order valence-electron chi connectivity index (χ3n) is 2.67. The summed E-state index contributed by atoms with van der Waals surface area (Å²) in [6.45, 7) is 4.54. The second-order valence-corrected chi connectivity index (χ2v) is 4.35. The molecule has 2 rings (SSSR count). The van der Waals surface area contributed by atoms with Gasteiger partial charge in [-0.25, -0.2) is 9.59 Å². The van der Waals surface area contributed by atoms with Gasteiger partial charge in [0.15, 0.2) is 6.73 Å². The molecule has 0 atom stereocenters. The van der Waals surface area contributed by atoms with E-state index in [0.717, 1.165) is 0 Å². The average molecular weight is 287 g/mol. The molecule has 0 saturated carbocycles. The number of benzene rings is 1. The van der Waals surface area contributed by atoms with Crippen molar-refractivity contribution in [3.63, 3.8) is 0 Å². The van der Waals surface area contributed by atoms with Crippen LogP contribution >= 0.6 is 0 Å². The number of amides is 1. The van der Waals surface area contributed by atoms with Gasteiger partial charge < -0.3 is 14.5 Å². The van der Waals surface area contributed by atoms with Gasteiger partial charge in [-0.15, -0.1) is 0 Å². The standard InChI is InChI=1S/C15H13NO5/c1-9(2)14(18)20-8-16-13(17)11-7-10-5-3-4-6-12(10)21-15(11)19/h3-7H,1,8H2,2H3,(H,16,17). The van der Waals surface area contributed by atoms with Crippen LogP contribution in [-0.4, -0.2) is 18.6 Å². The van der Waals surface area contributed by atoms with Crippen LogP contribution in [0.2, 0.25) is 0 Å². The number of rotatable bonds is 4. The predicted octanol–water partition coefficient (Wildman–Crippen LogP) is 1.60. The maximum Gasteiger partial charge on any atom is 0.349 e. The lowest BCUT2D eigenvalue weighted by atomic mass is 10.2. The molecule has 0 fully saturated rings. The Labute approximate surface area is 120 Å². The minimum Gasteiger partial charge on any atom is -0.441 e. The first-order valence-electron chi connectivity index (χ1n) is 6.13. The van der Waals surface area contributed by atoms with Crippen LogP contribution in [0.15, 0.2) is 51.7 Å². The van der Waals surface area contributed by atoms with Crippen molar-refractivity contribution in [1.29, 1.82) is 0 Å². The highest BCUT2D eigenvalue weighted by molar-refractivity contribution is 5.96. The number of carbonyl (C=O) groups is 2. The lowest BCUT2D eigenvalue weighted by molar-refractivity contribution is -0.139. The van der Waals surface area contributed by atoms with Gasteiger partial charge in [-0.3, -0.25) is 4.79 Å². The Morgan fingerprint density at radius 3 is 2.76 bits per heavy atom. The summed E-state index contributed by atoms with van der Waals surface area (Å²) in [5.74, 6) is -1.30. The molecule has 1 heterocycles. The molecule has 0 aliphatic heterocycles. The minimum atomic E-state index is -0.752. The number of ether oxygens (including phenoxy) is 1. The van der Waals surface area contributed by atoms with Gasteiger partial charge in [-0.2, -0.15) is 0 Å². The molecule has 0 bridgehead atoms. The molecule has 6 nitrogen and oxygen atoms in total. The van der Waals surface area contributed by atoms with Crippen molar-refractivity contribution >= 4 is 22.8 Å². The first kappa shape index (κ1) is 14.5. The van der Waals surface area contributed by atoms with Gasteiger partial charge in [0, 0.05) is 11.0 Å². The summed E-state index contributed by atoms with van der Waals surface area (Å²) in [5.41, 5.74) is -0.292. The molecule has 0 unspecified atom stereocenters.